The second kappa shape index (κ2) is 4.86. The smallest absolute Gasteiger partial charge is 0.315 e. The molecule has 1 unspecified atom stereocenters. The van der Waals surface area contributed by atoms with Crippen molar-refractivity contribution in [2.24, 2.45) is 11.3 Å². The van der Waals surface area contributed by atoms with Gasteiger partial charge in [0.1, 0.15) is 0 Å². The molecule has 1 aliphatic rings. The maximum atomic E-state index is 11.5. The van der Waals surface area contributed by atoms with Gasteiger partial charge >= 0.3 is 6.03 Å². The molecule has 0 aromatic heterocycles. The monoisotopic (exact) mass is 212 g/mol. The van der Waals surface area contributed by atoms with E-state index < -0.39 is 0 Å². The molecule has 1 saturated carbocycles. The summed E-state index contributed by atoms with van der Waals surface area (Å²) in [6.07, 6.45) is 3.54. The largest absolute Gasteiger partial charge is 0.338 e. The number of carbonyl (C=O) groups excluding carboxylic acids is 1. The Labute approximate surface area is 93.0 Å². The highest BCUT2D eigenvalue weighted by atomic mass is 16.2. The summed E-state index contributed by atoms with van der Waals surface area (Å²) < 4.78 is 0. The third-order valence-corrected chi connectivity index (χ3v) is 3.49. The Morgan fingerprint density at radius 1 is 1.40 bits per heavy atom. The van der Waals surface area contributed by atoms with E-state index in [0.717, 1.165) is 19.4 Å². The molecule has 0 aromatic rings. The standard InChI is InChI=1S/C12H24N2O/c1-9(12(2,3)4)8-13-11(15)14-10-6-5-7-10/h9-10H,5-8H2,1-4H3,(H2,13,14,15). The maximum absolute atomic E-state index is 11.5. The van der Waals surface area contributed by atoms with Crippen LogP contribution in [0, 0.1) is 11.3 Å². The summed E-state index contributed by atoms with van der Waals surface area (Å²) in [6.45, 7) is 9.52. The van der Waals surface area contributed by atoms with E-state index in [2.05, 4.69) is 38.3 Å². The predicted octanol–water partition coefficient (Wildman–Crippen LogP) is 2.52. The SMILES string of the molecule is CC(CNC(=O)NC1CCC1)C(C)(C)C. The Kier molecular flexibility index (Phi) is 4.00. The van der Waals surface area contributed by atoms with Crippen molar-refractivity contribution >= 4 is 6.03 Å². The normalized spacial score (nSPS) is 19.2. The van der Waals surface area contributed by atoms with Gasteiger partial charge in [-0.05, 0) is 30.6 Å². The average molecular weight is 212 g/mol. The van der Waals surface area contributed by atoms with Crippen molar-refractivity contribution < 1.29 is 4.79 Å². The quantitative estimate of drug-likeness (QED) is 0.741. The molecular formula is C12H24N2O. The van der Waals surface area contributed by atoms with Gasteiger partial charge in [0.15, 0.2) is 0 Å². The third kappa shape index (κ3) is 4.10. The lowest BCUT2D eigenvalue weighted by molar-refractivity contribution is 0.216. The molecule has 3 nitrogen and oxygen atoms in total. The van der Waals surface area contributed by atoms with Gasteiger partial charge in [0.25, 0.3) is 0 Å². The van der Waals surface area contributed by atoms with Crippen LogP contribution >= 0.6 is 0 Å². The molecule has 0 heterocycles. The van der Waals surface area contributed by atoms with Gasteiger partial charge in [0.05, 0.1) is 0 Å². The zero-order chi connectivity index (χ0) is 11.5. The lowest BCUT2D eigenvalue weighted by Crippen LogP contribution is -2.46. The molecule has 3 heteroatoms. The van der Waals surface area contributed by atoms with E-state index in [1.54, 1.807) is 0 Å². The molecule has 0 aromatic carbocycles. The maximum Gasteiger partial charge on any atom is 0.315 e. The molecule has 1 aliphatic carbocycles. The molecule has 88 valence electrons. The van der Waals surface area contributed by atoms with Crippen LogP contribution < -0.4 is 10.6 Å². The van der Waals surface area contributed by atoms with Crippen LogP contribution in [-0.2, 0) is 0 Å². The Morgan fingerprint density at radius 2 is 2.00 bits per heavy atom. The molecule has 15 heavy (non-hydrogen) atoms. The molecule has 1 rings (SSSR count). The van der Waals surface area contributed by atoms with Crippen LogP contribution in [0.4, 0.5) is 4.79 Å². The number of nitrogens with one attached hydrogen (secondary N) is 2. The van der Waals surface area contributed by atoms with Gasteiger partial charge in [-0.2, -0.15) is 0 Å². The van der Waals surface area contributed by atoms with Crippen molar-refractivity contribution in [2.75, 3.05) is 6.54 Å². The van der Waals surface area contributed by atoms with E-state index in [1.165, 1.54) is 6.42 Å². The minimum atomic E-state index is -0.00389. The van der Waals surface area contributed by atoms with E-state index >= 15 is 0 Å². The van der Waals surface area contributed by atoms with E-state index in [9.17, 15) is 4.79 Å². The number of carbonyl (C=O) groups is 1. The van der Waals surface area contributed by atoms with Crippen LogP contribution in [0.25, 0.3) is 0 Å². The van der Waals surface area contributed by atoms with Crippen molar-refractivity contribution in [1.29, 1.82) is 0 Å². The lowest BCUT2D eigenvalue weighted by atomic mass is 9.82. The number of hydrogen-bond acceptors (Lipinski definition) is 1. The van der Waals surface area contributed by atoms with Crippen molar-refractivity contribution in [2.45, 2.75) is 53.0 Å². The Hall–Kier alpha value is -0.730. The zero-order valence-corrected chi connectivity index (χ0v) is 10.4. The highest BCUT2D eigenvalue weighted by molar-refractivity contribution is 5.74. The molecule has 0 saturated heterocycles. The fraction of sp³-hybridized carbons (Fsp3) is 0.917. The summed E-state index contributed by atoms with van der Waals surface area (Å²) in [4.78, 5) is 11.5. The van der Waals surface area contributed by atoms with Crippen LogP contribution in [0.5, 0.6) is 0 Å². The van der Waals surface area contributed by atoms with Gasteiger partial charge in [0, 0.05) is 12.6 Å². The Bertz CT molecular complexity index is 216. The van der Waals surface area contributed by atoms with E-state index in [0.29, 0.717) is 12.0 Å². The molecule has 0 bridgehead atoms. The topological polar surface area (TPSA) is 41.1 Å². The summed E-state index contributed by atoms with van der Waals surface area (Å²) in [5, 5.41) is 5.91. The fourth-order valence-electron chi connectivity index (χ4n) is 1.34. The lowest BCUT2D eigenvalue weighted by Gasteiger charge is -2.29. The molecule has 1 atom stereocenters. The van der Waals surface area contributed by atoms with Gasteiger partial charge in [-0.25, -0.2) is 4.79 Å². The highest BCUT2D eigenvalue weighted by Crippen LogP contribution is 2.24. The van der Waals surface area contributed by atoms with E-state index in [1.807, 2.05) is 0 Å². The van der Waals surface area contributed by atoms with Crippen molar-refractivity contribution in [1.82, 2.24) is 10.6 Å². The van der Waals surface area contributed by atoms with Crippen molar-refractivity contribution in [3.8, 4) is 0 Å². The van der Waals surface area contributed by atoms with E-state index in [4.69, 9.17) is 0 Å². The molecule has 0 spiro atoms. The summed E-state index contributed by atoms with van der Waals surface area (Å²) in [7, 11) is 0. The summed E-state index contributed by atoms with van der Waals surface area (Å²) in [5.74, 6) is 0.490. The predicted molar refractivity (Wildman–Crippen MR) is 62.8 cm³/mol. The third-order valence-electron chi connectivity index (χ3n) is 3.49. The first-order valence-electron chi connectivity index (χ1n) is 5.94. The van der Waals surface area contributed by atoms with Gasteiger partial charge in [0.2, 0.25) is 0 Å². The first kappa shape index (κ1) is 12.3. The highest BCUT2D eigenvalue weighted by Gasteiger charge is 2.22. The molecule has 0 aliphatic heterocycles. The van der Waals surface area contributed by atoms with Gasteiger partial charge in [-0.3, -0.25) is 0 Å². The summed E-state index contributed by atoms with van der Waals surface area (Å²) in [5.41, 5.74) is 0.254. The minimum absolute atomic E-state index is 0.00389. The van der Waals surface area contributed by atoms with Crippen LogP contribution in [-0.4, -0.2) is 18.6 Å². The minimum Gasteiger partial charge on any atom is -0.338 e. The number of hydrogen-bond donors (Lipinski definition) is 2. The van der Waals surface area contributed by atoms with Crippen LogP contribution in [0.15, 0.2) is 0 Å². The number of urea groups is 1. The second-order valence-corrected chi connectivity index (χ2v) is 5.75. The Morgan fingerprint density at radius 3 is 2.40 bits per heavy atom. The summed E-state index contributed by atoms with van der Waals surface area (Å²) in [6, 6.07) is 0.422. The first-order valence-corrected chi connectivity index (χ1v) is 5.94. The van der Waals surface area contributed by atoms with Crippen LogP contribution in [0.2, 0.25) is 0 Å². The molecule has 1 fully saturated rings. The average Bonchev–Trinajstić information content (AvgIpc) is 2.05. The van der Waals surface area contributed by atoms with Crippen LogP contribution in [0.3, 0.4) is 0 Å². The molecule has 2 N–H and O–H groups in total. The van der Waals surface area contributed by atoms with Gasteiger partial charge in [-0.1, -0.05) is 27.7 Å². The van der Waals surface area contributed by atoms with Gasteiger partial charge in [-0.15, -0.1) is 0 Å². The van der Waals surface area contributed by atoms with Crippen LogP contribution in [0.1, 0.15) is 47.0 Å². The number of rotatable bonds is 3. The van der Waals surface area contributed by atoms with Crippen molar-refractivity contribution in [3.05, 3.63) is 0 Å². The second-order valence-electron chi connectivity index (χ2n) is 5.75. The summed E-state index contributed by atoms with van der Waals surface area (Å²) >= 11 is 0. The molecule has 0 radical (unpaired) electrons. The zero-order valence-electron chi connectivity index (χ0n) is 10.4. The molecule has 2 amide bonds. The Balaban J connectivity index is 2.15. The number of amides is 2. The fourth-order valence-corrected chi connectivity index (χ4v) is 1.34. The molecular weight excluding hydrogens is 188 g/mol. The van der Waals surface area contributed by atoms with Crippen molar-refractivity contribution in [3.63, 3.8) is 0 Å². The first-order chi connectivity index (χ1) is 6.89. The van der Waals surface area contributed by atoms with E-state index in [-0.39, 0.29) is 11.4 Å². The van der Waals surface area contributed by atoms with Gasteiger partial charge < -0.3 is 10.6 Å².